The van der Waals surface area contributed by atoms with Crippen molar-refractivity contribution >= 4 is 5.91 Å². The summed E-state index contributed by atoms with van der Waals surface area (Å²) in [6.07, 6.45) is 3.50. The number of carbonyl (C=O) groups excluding carboxylic acids is 1. The number of likely N-dealkylation sites (tertiary alicyclic amines) is 1. The van der Waals surface area contributed by atoms with Crippen LogP contribution < -0.4 is 19.7 Å². The summed E-state index contributed by atoms with van der Waals surface area (Å²) in [5.74, 6) is 2.21. The van der Waals surface area contributed by atoms with Gasteiger partial charge < -0.3 is 19.7 Å². The maximum Gasteiger partial charge on any atom is 0.278 e. The second-order valence-electron chi connectivity index (χ2n) is 7.92. The molecule has 0 aromatic heterocycles. The summed E-state index contributed by atoms with van der Waals surface area (Å²) in [6, 6.07) is 16.4. The quantitative estimate of drug-likeness (QED) is 0.718. The van der Waals surface area contributed by atoms with Crippen LogP contribution in [0.15, 0.2) is 48.5 Å². The Balaban J connectivity index is 1.46. The van der Waals surface area contributed by atoms with Crippen LogP contribution in [0.1, 0.15) is 30.9 Å². The lowest BCUT2D eigenvalue weighted by atomic mass is 9.89. The normalized spacial score (nSPS) is 20.0. The van der Waals surface area contributed by atoms with Crippen LogP contribution >= 0.6 is 0 Å². The third-order valence-corrected chi connectivity index (χ3v) is 6.03. The highest BCUT2D eigenvalue weighted by Gasteiger charge is 2.30. The Morgan fingerprint density at radius 3 is 2.38 bits per heavy atom. The molecule has 1 amide bonds. The van der Waals surface area contributed by atoms with Crippen LogP contribution in [0.3, 0.4) is 0 Å². The molecule has 3 rings (SSSR count). The van der Waals surface area contributed by atoms with E-state index in [1.807, 2.05) is 25.1 Å². The summed E-state index contributed by atoms with van der Waals surface area (Å²) >= 11 is 0. The fraction of sp³-hybridized carbons (Fsp3) is 0.458. The molecule has 1 aliphatic heterocycles. The molecule has 2 aromatic carbocycles. The molecule has 5 heteroatoms. The molecule has 0 unspecified atom stereocenters. The van der Waals surface area contributed by atoms with Gasteiger partial charge in [-0.3, -0.25) is 4.79 Å². The van der Waals surface area contributed by atoms with Crippen molar-refractivity contribution in [2.24, 2.45) is 5.92 Å². The van der Waals surface area contributed by atoms with Gasteiger partial charge in [0.05, 0.1) is 27.3 Å². The van der Waals surface area contributed by atoms with Gasteiger partial charge >= 0.3 is 0 Å². The van der Waals surface area contributed by atoms with Crippen LogP contribution in [0.25, 0.3) is 0 Å². The van der Waals surface area contributed by atoms with Crippen molar-refractivity contribution in [2.45, 2.75) is 38.8 Å². The first-order chi connectivity index (χ1) is 14.1. The molecule has 0 spiro atoms. The number of benzene rings is 2. The summed E-state index contributed by atoms with van der Waals surface area (Å²) in [4.78, 5) is 14.1. The van der Waals surface area contributed by atoms with E-state index in [9.17, 15) is 4.79 Å². The number of methoxy groups -OCH3 is 2. The van der Waals surface area contributed by atoms with Crippen molar-refractivity contribution < 1.29 is 19.2 Å². The van der Waals surface area contributed by atoms with Crippen molar-refractivity contribution in [1.82, 2.24) is 5.32 Å². The van der Waals surface area contributed by atoms with E-state index >= 15 is 0 Å². The standard InChI is InChI=1S/C24H32N2O3/c1-18(24(27)25-17-21-9-10-22(28-2)23(16-21)29-3)26-13-11-20(12-14-26)15-19-7-5-4-6-8-19/h4-10,16,18,20H,11-15,17H2,1-3H3,(H,25,27)/p+1/t18-/m0/s1. The van der Waals surface area contributed by atoms with Crippen molar-refractivity contribution in [3.63, 3.8) is 0 Å². The van der Waals surface area contributed by atoms with Gasteiger partial charge in [-0.15, -0.1) is 0 Å². The minimum absolute atomic E-state index is 0.0344. The molecule has 2 N–H and O–H groups in total. The first kappa shape index (κ1) is 21.2. The molecule has 5 nitrogen and oxygen atoms in total. The summed E-state index contributed by atoms with van der Waals surface area (Å²) in [7, 11) is 3.24. The van der Waals surface area contributed by atoms with E-state index in [2.05, 4.69) is 35.6 Å². The topological polar surface area (TPSA) is 52.0 Å². The third kappa shape index (κ3) is 5.73. The van der Waals surface area contributed by atoms with Gasteiger partial charge in [0.2, 0.25) is 0 Å². The first-order valence-electron chi connectivity index (χ1n) is 10.5. The van der Waals surface area contributed by atoms with Crippen LogP contribution in [0, 0.1) is 5.92 Å². The zero-order chi connectivity index (χ0) is 20.6. The molecule has 156 valence electrons. The second-order valence-corrected chi connectivity index (χ2v) is 7.92. The van der Waals surface area contributed by atoms with E-state index in [0.29, 0.717) is 18.0 Å². The fourth-order valence-electron chi connectivity index (χ4n) is 4.15. The molecule has 0 aliphatic carbocycles. The lowest BCUT2D eigenvalue weighted by Crippen LogP contribution is -3.17. The number of hydrogen-bond acceptors (Lipinski definition) is 3. The number of hydrogen-bond donors (Lipinski definition) is 2. The maximum atomic E-state index is 12.7. The van der Waals surface area contributed by atoms with E-state index in [1.165, 1.54) is 23.3 Å². The minimum Gasteiger partial charge on any atom is -0.493 e. The van der Waals surface area contributed by atoms with Crippen molar-refractivity contribution in [3.8, 4) is 11.5 Å². The summed E-state index contributed by atoms with van der Waals surface area (Å²) in [5, 5.41) is 3.08. The van der Waals surface area contributed by atoms with Crippen LogP contribution in [0.5, 0.6) is 11.5 Å². The predicted octanol–water partition coefficient (Wildman–Crippen LogP) is 2.25. The number of ether oxygens (including phenoxy) is 2. The summed E-state index contributed by atoms with van der Waals surface area (Å²) in [5.41, 5.74) is 2.42. The molecule has 1 atom stereocenters. The highest BCUT2D eigenvalue weighted by atomic mass is 16.5. The van der Waals surface area contributed by atoms with E-state index in [1.54, 1.807) is 14.2 Å². The van der Waals surface area contributed by atoms with Crippen LogP contribution in [0.4, 0.5) is 0 Å². The Kier molecular flexibility index (Phi) is 7.53. The molecule has 0 bridgehead atoms. The molecule has 0 radical (unpaired) electrons. The SMILES string of the molecule is COc1ccc(CNC(=O)[C@H](C)[NH+]2CCC(Cc3ccccc3)CC2)cc1OC. The first-order valence-corrected chi connectivity index (χ1v) is 10.5. The maximum absolute atomic E-state index is 12.7. The Labute approximate surface area is 174 Å². The van der Waals surface area contributed by atoms with Gasteiger partial charge in [-0.25, -0.2) is 0 Å². The van der Waals surface area contributed by atoms with Crippen LogP contribution in [0.2, 0.25) is 0 Å². The summed E-state index contributed by atoms with van der Waals surface area (Å²) < 4.78 is 10.6. The van der Waals surface area contributed by atoms with Crippen LogP contribution in [-0.2, 0) is 17.8 Å². The zero-order valence-corrected chi connectivity index (χ0v) is 17.7. The lowest BCUT2D eigenvalue weighted by Gasteiger charge is -2.32. The largest absolute Gasteiger partial charge is 0.493 e. The highest BCUT2D eigenvalue weighted by molar-refractivity contribution is 5.79. The lowest BCUT2D eigenvalue weighted by molar-refractivity contribution is -0.920. The smallest absolute Gasteiger partial charge is 0.278 e. The number of piperidine rings is 1. The molecule has 2 aromatic rings. The molecular formula is C24H33N2O3+. The number of nitrogens with one attached hydrogen (secondary N) is 2. The van der Waals surface area contributed by atoms with Gasteiger partial charge in [-0.2, -0.15) is 0 Å². The Morgan fingerprint density at radius 1 is 1.03 bits per heavy atom. The third-order valence-electron chi connectivity index (χ3n) is 6.03. The monoisotopic (exact) mass is 397 g/mol. The van der Waals surface area contributed by atoms with Crippen molar-refractivity contribution in [1.29, 1.82) is 0 Å². The number of quaternary nitrogens is 1. The average Bonchev–Trinajstić information content (AvgIpc) is 2.78. The van der Waals surface area contributed by atoms with Gasteiger partial charge in [-0.05, 0) is 55.4 Å². The molecular weight excluding hydrogens is 364 g/mol. The molecule has 0 saturated carbocycles. The molecule has 1 aliphatic rings. The predicted molar refractivity (Wildman–Crippen MR) is 114 cm³/mol. The summed E-state index contributed by atoms with van der Waals surface area (Å²) in [6.45, 7) is 4.65. The highest BCUT2D eigenvalue weighted by Crippen LogP contribution is 2.27. The van der Waals surface area contributed by atoms with E-state index < -0.39 is 0 Å². The molecule has 1 saturated heterocycles. The zero-order valence-electron chi connectivity index (χ0n) is 17.7. The van der Waals surface area contributed by atoms with E-state index in [-0.39, 0.29) is 11.9 Å². The van der Waals surface area contributed by atoms with Gasteiger partial charge in [-0.1, -0.05) is 36.4 Å². The van der Waals surface area contributed by atoms with Gasteiger partial charge in [0.1, 0.15) is 0 Å². The minimum atomic E-state index is -0.0344. The molecule has 1 heterocycles. The van der Waals surface area contributed by atoms with Gasteiger partial charge in [0, 0.05) is 6.54 Å². The number of rotatable bonds is 8. The van der Waals surface area contributed by atoms with E-state index in [4.69, 9.17) is 9.47 Å². The number of carbonyl (C=O) groups is 1. The molecule has 1 fully saturated rings. The van der Waals surface area contributed by atoms with Crippen LogP contribution in [-0.4, -0.2) is 39.3 Å². The fourth-order valence-corrected chi connectivity index (χ4v) is 4.15. The second kappa shape index (κ2) is 10.3. The van der Waals surface area contributed by atoms with Gasteiger partial charge in [0.25, 0.3) is 5.91 Å². The Bertz CT molecular complexity index is 786. The Hall–Kier alpha value is -2.53. The average molecular weight is 398 g/mol. The van der Waals surface area contributed by atoms with Crippen molar-refractivity contribution in [2.75, 3.05) is 27.3 Å². The number of amides is 1. The Morgan fingerprint density at radius 2 is 1.72 bits per heavy atom. The van der Waals surface area contributed by atoms with E-state index in [0.717, 1.165) is 31.0 Å². The molecule has 29 heavy (non-hydrogen) atoms. The van der Waals surface area contributed by atoms with Crippen molar-refractivity contribution in [3.05, 3.63) is 59.7 Å². The van der Waals surface area contributed by atoms with Gasteiger partial charge in [0.15, 0.2) is 17.5 Å².